The Bertz CT molecular complexity index is 1030. The fourth-order valence-electron chi connectivity index (χ4n) is 4.72. The second kappa shape index (κ2) is 11.0. The molecule has 3 heterocycles. The first kappa shape index (κ1) is 24.9. The van der Waals surface area contributed by atoms with Crippen molar-refractivity contribution in [3.8, 4) is 17.0 Å². The monoisotopic (exact) mass is 481 g/mol. The number of aromatic nitrogens is 2. The molecule has 0 unspecified atom stereocenters. The Morgan fingerprint density at radius 3 is 2.77 bits per heavy atom. The molecule has 9 nitrogen and oxygen atoms in total. The molecule has 2 N–H and O–H groups in total. The number of likely N-dealkylation sites (N-methyl/N-ethyl adjacent to an activating group) is 1. The highest BCUT2D eigenvalue weighted by atomic mass is 16.5. The van der Waals surface area contributed by atoms with Crippen molar-refractivity contribution >= 4 is 11.9 Å². The molecule has 35 heavy (non-hydrogen) atoms. The molecule has 1 aliphatic carbocycles. The number of nitrogens with one attached hydrogen (secondary N) is 1. The van der Waals surface area contributed by atoms with Crippen LogP contribution in [-0.4, -0.2) is 81.7 Å². The number of urea groups is 1. The average molecular weight is 482 g/mol. The fourth-order valence-corrected chi connectivity index (χ4v) is 4.72. The van der Waals surface area contributed by atoms with Crippen molar-refractivity contribution in [2.75, 3.05) is 26.7 Å². The number of carbonyl (C=O) groups excluding carboxylic acids is 2. The van der Waals surface area contributed by atoms with Crippen LogP contribution in [0.15, 0.2) is 36.8 Å². The Kier molecular flexibility index (Phi) is 7.85. The first-order valence-electron chi connectivity index (χ1n) is 12.4. The number of nitrogens with zero attached hydrogens (tertiary/aromatic N) is 4. The van der Waals surface area contributed by atoms with E-state index in [9.17, 15) is 14.7 Å². The van der Waals surface area contributed by atoms with Gasteiger partial charge in [-0.1, -0.05) is 25.8 Å². The van der Waals surface area contributed by atoms with E-state index in [2.05, 4.69) is 15.3 Å². The number of hydrogen-bond donors (Lipinski definition) is 2. The molecule has 1 fully saturated rings. The molecule has 1 aliphatic heterocycles. The van der Waals surface area contributed by atoms with Gasteiger partial charge in [0.1, 0.15) is 11.7 Å². The van der Waals surface area contributed by atoms with Crippen molar-refractivity contribution < 1.29 is 19.4 Å². The van der Waals surface area contributed by atoms with Crippen LogP contribution >= 0.6 is 0 Å². The summed E-state index contributed by atoms with van der Waals surface area (Å²) in [5, 5.41) is 13.0. The van der Waals surface area contributed by atoms with Crippen LogP contribution in [0.25, 0.3) is 11.1 Å². The lowest BCUT2D eigenvalue weighted by Crippen LogP contribution is -2.52. The number of hydrogen-bond acceptors (Lipinski definition) is 6. The van der Waals surface area contributed by atoms with Crippen molar-refractivity contribution in [2.45, 2.75) is 57.7 Å². The maximum absolute atomic E-state index is 13.6. The van der Waals surface area contributed by atoms with Crippen molar-refractivity contribution in [1.29, 1.82) is 0 Å². The molecular weight excluding hydrogens is 446 g/mol. The smallest absolute Gasteiger partial charge is 0.317 e. The van der Waals surface area contributed by atoms with Crippen LogP contribution in [0.5, 0.6) is 5.88 Å². The standard InChI is InChI=1S/C26H35N5O4/c1-17-14-31(18(2)16-32)25(33)22-11-20(19-7-6-10-27-12-19)13-28-24(22)35-23(17)15-30(3)26(34)29-21-8-4-5-9-21/h6-7,10-13,17-18,21,23,32H,4-5,8-9,14-16H2,1-3H3,(H,29,34)/t17-,18-,23+/m1/s1. The highest BCUT2D eigenvalue weighted by molar-refractivity contribution is 5.98. The van der Waals surface area contributed by atoms with Gasteiger partial charge in [0.05, 0.1) is 19.2 Å². The number of rotatable bonds is 6. The predicted molar refractivity (Wildman–Crippen MR) is 132 cm³/mol. The second-order valence-electron chi connectivity index (χ2n) is 9.75. The molecule has 0 spiro atoms. The topological polar surface area (TPSA) is 108 Å². The Morgan fingerprint density at radius 1 is 1.31 bits per heavy atom. The zero-order chi connectivity index (χ0) is 24.9. The van der Waals surface area contributed by atoms with Crippen LogP contribution < -0.4 is 10.1 Å². The Labute approximate surface area is 206 Å². The van der Waals surface area contributed by atoms with Gasteiger partial charge in [0, 0.05) is 55.3 Å². The molecule has 0 radical (unpaired) electrons. The minimum Gasteiger partial charge on any atom is -0.472 e. The maximum Gasteiger partial charge on any atom is 0.317 e. The fraction of sp³-hybridized carbons (Fsp3) is 0.538. The van der Waals surface area contributed by atoms with Gasteiger partial charge in [-0.15, -0.1) is 0 Å². The van der Waals surface area contributed by atoms with Crippen molar-refractivity contribution in [1.82, 2.24) is 25.1 Å². The molecule has 2 aliphatic rings. The van der Waals surface area contributed by atoms with E-state index in [1.165, 1.54) is 0 Å². The van der Waals surface area contributed by atoms with Gasteiger partial charge in [0.15, 0.2) is 0 Å². The molecule has 0 bridgehead atoms. The SMILES string of the molecule is C[C@@H]1CN([C@H](C)CO)C(=O)c2cc(-c3cccnc3)cnc2O[C@H]1CN(C)C(=O)NC1CCCC1. The van der Waals surface area contributed by atoms with Crippen molar-refractivity contribution in [3.05, 3.63) is 42.4 Å². The summed E-state index contributed by atoms with van der Waals surface area (Å²) in [5.74, 6) is -0.0982. The highest BCUT2D eigenvalue weighted by Crippen LogP contribution is 2.30. The third-order valence-corrected chi connectivity index (χ3v) is 7.00. The van der Waals surface area contributed by atoms with E-state index in [4.69, 9.17) is 4.74 Å². The molecular formula is C26H35N5O4. The van der Waals surface area contributed by atoms with Gasteiger partial charge in [-0.2, -0.15) is 0 Å². The molecule has 2 aromatic rings. The van der Waals surface area contributed by atoms with Gasteiger partial charge < -0.3 is 25.0 Å². The normalized spacial score (nSPS) is 21.5. The van der Waals surface area contributed by atoms with Crippen LogP contribution in [0.2, 0.25) is 0 Å². The third-order valence-electron chi connectivity index (χ3n) is 7.00. The molecule has 3 amide bonds. The molecule has 0 aromatic carbocycles. The maximum atomic E-state index is 13.6. The first-order chi connectivity index (χ1) is 16.9. The summed E-state index contributed by atoms with van der Waals surface area (Å²) in [7, 11) is 1.76. The molecule has 9 heteroatoms. The summed E-state index contributed by atoms with van der Waals surface area (Å²) in [6.07, 6.45) is 9.02. The van der Waals surface area contributed by atoms with Gasteiger partial charge in [-0.05, 0) is 31.9 Å². The van der Waals surface area contributed by atoms with Crippen molar-refractivity contribution in [3.63, 3.8) is 0 Å². The average Bonchev–Trinajstić information content (AvgIpc) is 3.39. The minimum atomic E-state index is -0.383. The largest absolute Gasteiger partial charge is 0.472 e. The van der Waals surface area contributed by atoms with Crippen LogP contribution in [0.3, 0.4) is 0 Å². The van der Waals surface area contributed by atoms with Crippen molar-refractivity contribution in [2.24, 2.45) is 5.92 Å². The molecule has 2 aromatic heterocycles. The Hall–Kier alpha value is -3.20. The minimum absolute atomic E-state index is 0.0948. The summed E-state index contributed by atoms with van der Waals surface area (Å²) in [4.78, 5) is 38.3. The number of aliphatic hydroxyl groups is 1. The summed E-state index contributed by atoms with van der Waals surface area (Å²) in [6.45, 7) is 4.40. The van der Waals surface area contributed by atoms with Crippen LogP contribution in [0.1, 0.15) is 49.9 Å². The van der Waals surface area contributed by atoms with Crippen LogP contribution in [-0.2, 0) is 0 Å². The predicted octanol–water partition coefficient (Wildman–Crippen LogP) is 2.95. The van der Waals surface area contributed by atoms with E-state index < -0.39 is 0 Å². The molecule has 0 saturated heterocycles. The zero-order valence-corrected chi connectivity index (χ0v) is 20.7. The lowest BCUT2D eigenvalue weighted by Gasteiger charge is -2.37. The summed E-state index contributed by atoms with van der Waals surface area (Å²) < 4.78 is 6.30. The number of amides is 3. The molecule has 1 saturated carbocycles. The first-order valence-corrected chi connectivity index (χ1v) is 12.4. The Morgan fingerprint density at radius 2 is 2.09 bits per heavy atom. The van der Waals surface area contributed by atoms with Gasteiger partial charge in [0.25, 0.3) is 5.91 Å². The summed E-state index contributed by atoms with van der Waals surface area (Å²) in [5.41, 5.74) is 1.93. The van der Waals surface area contributed by atoms with Crippen LogP contribution in [0.4, 0.5) is 4.79 Å². The van der Waals surface area contributed by atoms with Gasteiger partial charge >= 0.3 is 6.03 Å². The lowest BCUT2D eigenvalue weighted by atomic mass is 9.99. The van der Waals surface area contributed by atoms with E-state index in [0.717, 1.165) is 36.8 Å². The van der Waals surface area contributed by atoms with Crippen LogP contribution in [0, 0.1) is 5.92 Å². The number of carbonyl (C=O) groups is 2. The quantitative estimate of drug-likeness (QED) is 0.657. The van der Waals surface area contributed by atoms with Gasteiger partial charge in [-0.3, -0.25) is 9.78 Å². The second-order valence-corrected chi connectivity index (χ2v) is 9.75. The number of aliphatic hydroxyl groups excluding tert-OH is 1. The molecule has 4 rings (SSSR count). The van der Waals surface area contributed by atoms with E-state index >= 15 is 0 Å². The number of fused-ring (bicyclic) bond motifs is 1. The Balaban J connectivity index is 1.61. The zero-order valence-electron chi connectivity index (χ0n) is 20.7. The van der Waals surface area contributed by atoms with Gasteiger partial charge in [0.2, 0.25) is 5.88 Å². The number of ether oxygens (including phenoxy) is 1. The summed E-state index contributed by atoms with van der Waals surface area (Å²) in [6, 6.07) is 5.24. The molecule has 188 valence electrons. The van der Waals surface area contributed by atoms with E-state index in [1.807, 2.05) is 26.0 Å². The van der Waals surface area contributed by atoms with E-state index in [1.54, 1.807) is 41.5 Å². The third kappa shape index (κ3) is 5.73. The van der Waals surface area contributed by atoms with E-state index in [0.29, 0.717) is 18.7 Å². The molecule has 3 atom stereocenters. The number of pyridine rings is 2. The van der Waals surface area contributed by atoms with E-state index in [-0.39, 0.29) is 48.5 Å². The highest BCUT2D eigenvalue weighted by Gasteiger charge is 2.35. The lowest BCUT2D eigenvalue weighted by molar-refractivity contribution is 0.0351. The summed E-state index contributed by atoms with van der Waals surface area (Å²) >= 11 is 0. The van der Waals surface area contributed by atoms with Gasteiger partial charge in [-0.25, -0.2) is 9.78 Å².